The van der Waals surface area contributed by atoms with Gasteiger partial charge in [-0.15, -0.1) is 0 Å². The average molecular weight is 390 g/mol. The highest BCUT2D eigenvalue weighted by molar-refractivity contribution is 5.60. The van der Waals surface area contributed by atoms with E-state index in [0.29, 0.717) is 11.5 Å². The number of aromatic amines is 1. The number of ether oxygens (including phenoxy) is 1. The molecule has 2 aromatic carbocycles. The fourth-order valence-corrected chi connectivity index (χ4v) is 3.57. The molecule has 29 heavy (non-hydrogen) atoms. The van der Waals surface area contributed by atoms with Crippen LogP contribution in [0.25, 0.3) is 11.4 Å². The van der Waals surface area contributed by atoms with E-state index in [0.717, 1.165) is 50.5 Å². The Hall–Kier alpha value is -2.96. The maximum absolute atomic E-state index is 12.3. The molecule has 2 N–H and O–H groups in total. The molecule has 1 aliphatic rings. The third-order valence-electron chi connectivity index (χ3n) is 5.02. The van der Waals surface area contributed by atoms with Crippen LogP contribution >= 0.6 is 0 Å². The molecule has 0 amide bonds. The highest BCUT2D eigenvalue weighted by atomic mass is 16.5. The normalized spacial score (nSPS) is 15.0. The van der Waals surface area contributed by atoms with E-state index >= 15 is 0 Å². The zero-order chi connectivity index (χ0) is 19.9. The van der Waals surface area contributed by atoms with Crippen molar-refractivity contribution in [2.45, 2.75) is 19.6 Å². The van der Waals surface area contributed by atoms with Gasteiger partial charge in [-0.3, -0.25) is 9.69 Å². The van der Waals surface area contributed by atoms with Gasteiger partial charge in [0.2, 0.25) is 0 Å². The lowest BCUT2D eigenvalue weighted by Crippen LogP contribution is -2.28. The Bertz CT molecular complexity index is 979. The summed E-state index contributed by atoms with van der Waals surface area (Å²) >= 11 is 0. The van der Waals surface area contributed by atoms with Gasteiger partial charge in [-0.2, -0.15) is 0 Å². The van der Waals surface area contributed by atoms with Gasteiger partial charge in [0.1, 0.15) is 18.2 Å². The van der Waals surface area contributed by atoms with E-state index in [1.165, 1.54) is 11.6 Å². The number of aromatic nitrogens is 2. The third kappa shape index (κ3) is 5.31. The maximum Gasteiger partial charge on any atom is 0.251 e. The second kappa shape index (κ2) is 9.49. The first-order valence-electron chi connectivity index (χ1n) is 10.1. The van der Waals surface area contributed by atoms with Crippen LogP contribution in [0, 0.1) is 0 Å². The number of hydrogen-bond acceptors (Lipinski definition) is 5. The number of nitrogens with one attached hydrogen (secondary N) is 2. The number of benzene rings is 2. The SMILES string of the molecule is O=c1cc(COc2ccccc2)nc(-c2ccccc2CN2CCCNCC2)[nH]1. The number of H-pyrrole nitrogens is 1. The highest BCUT2D eigenvalue weighted by Crippen LogP contribution is 2.22. The van der Waals surface area contributed by atoms with Crippen LogP contribution in [0.2, 0.25) is 0 Å². The molecule has 1 fully saturated rings. The van der Waals surface area contributed by atoms with E-state index < -0.39 is 0 Å². The Morgan fingerprint density at radius 1 is 1.00 bits per heavy atom. The van der Waals surface area contributed by atoms with E-state index in [4.69, 9.17) is 4.74 Å². The second-order valence-corrected chi connectivity index (χ2v) is 7.22. The molecule has 150 valence electrons. The summed E-state index contributed by atoms with van der Waals surface area (Å²) in [6.45, 7) is 5.24. The van der Waals surface area contributed by atoms with E-state index in [2.05, 4.69) is 26.3 Å². The molecule has 0 unspecified atom stereocenters. The molecular weight excluding hydrogens is 364 g/mol. The summed E-state index contributed by atoms with van der Waals surface area (Å²) < 4.78 is 5.77. The molecule has 2 heterocycles. The average Bonchev–Trinajstić information content (AvgIpc) is 3.02. The van der Waals surface area contributed by atoms with Crippen LogP contribution in [0.4, 0.5) is 0 Å². The first-order valence-corrected chi connectivity index (χ1v) is 10.1. The minimum Gasteiger partial charge on any atom is -0.487 e. The molecular formula is C23H26N4O2. The lowest BCUT2D eigenvalue weighted by atomic mass is 10.1. The van der Waals surface area contributed by atoms with Gasteiger partial charge >= 0.3 is 0 Å². The van der Waals surface area contributed by atoms with Crippen LogP contribution in [0.15, 0.2) is 65.5 Å². The summed E-state index contributed by atoms with van der Waals surface area (Å²) in [6, 6.07) is 19.2. The van der Waals surface area contributed by atoms with Gasteiger partial charge in [0.05, 0.1) is 5.69 Å². The smallest absolute Gasteiger partial charge is 0.251 e. The van der Waals surface area contributed by atoms with Gasteiger partial charge in [0.25, 0.3) is 5.56 Å². The molecule has 1 aliphatic heterocycles. The van der Waals surface area contributed by atoms with Gasteiger partial charge in [0.15, 0.2) is 0 Å². The van der Waals surface area contributed by atoms with Crippen molar-refractivity contribution in [1.29, 1.82) is 0 Å². The fraction of sp³-hybridized carbons (Fsp3) is 0.304. The molecule has 0 radical (unpaired) electrons. The standard InChI is InChI=1S/C23H26N4O2/c28-22-15-19(17-29-20-8-2-1-3-9-20)25-23(26-22)21-10-5-4-7-18(21)16-27-13-6-11-24-12-14-27/h1-5,7-10,15,24H,6,11-14,16-17H2,(H,25,26,28). The Morgan fingerprint density at radius 2 is 1.83 bits per heavy atom. The largest absolute Gasteiger partial charge is 0.487 e. The molecule has 6 heteroatoms. The maximum atomic E-state index is 12.3. The zero-order valence-electron chi connectivity index (χ0n) is 16.4. The zero-order valence-corrected chi connectivity index (χ0v) is 16.4. The Balaban J connectivity index is 1.56. The van der Waals surface area contributed by atoms with Crippen LogP contribution in [0.1, 0.15) is 17.7 Å². The van der Waals surface area contributed by atoms with Gasteiger partial charge in [-0.1, -0.05) is 42.5 Å². The molecule has 0 saturated carbocycles. The molecule has 0 spiro atoms. The minimum atomic E-state index is -0.171. The monoisotopic (exact) mass is 390 g/mol. The van der Waals surface area contributed by atoms with Gasteiger partial charge in [-0.25, -0.2) is 4.98 Å². The number of para-hydroxylation sites is 1. The summed E-state index contributed by atoms with van der Waals surface area (Å²) in [4.78, 5) is 22.3. The van der Waals surface area contributed by atoms with E-state index in [1.807, 2.05) is 48.5 Å². The van der Waals surface area contributed by atoms with E-state index in [-0.39, 0.29) is 12.2 Å². The molecule has 1 aromatic heterocycles. The van der Waals surface area contributed by atoms with Crippen LogP contribution in [0.5, 0.6) is 5.75 Å². The van der Waals surface area contributed by atoms with Crippen LogP contribution in [0.3, 0.4) is 0 Å². The molecule has 0 bridgehead atoms. The molecule has 4 rings (SSSR count). The summed E-state index contributed by atoms with van der Waals surface area (Å²) in [7, 11) is 0. The van der Waals surface area contributed by atoms with Crippen molar-refractivity contribution in [2.75, 3.05) is 26.2 Å². The van der Waals surface area contributed by atoms with Crippen molar-refractivity contribution >= 4 is 0 Å². The van der Waals surface area contributed by atoms with Crippen LogP contribution < -0.4 is 15.6 Å². The van der Waals surface area contributed by atoms with E-state index in [9.17, 15) is 4.79 Å². The number of nitrogens with zero attached hydrogens (tertiary/aromatic N) is 2. The van der Waals surface area contributed by atoms with Crippen LogP contribution in [-0.2, 0) is 13.2 Å². The molecule has 1 saturated heterocycles. The Morgan fingerprint density at radius 3 is 2.72 bits per heavy atom. The first-order chi connectivity index (χ1) is 14.3. The van der Waals surface area contributed by atoms with Crippen molar-refractivity contribution in [3.05, 3.63) is 82.3 Å². The quantitative estimate of drug-likeness (QED) is 0.677. The van der Waals surface area contributed by atoms with Gasteiger partial charge in [0, 0.05) is 31.3 Å². The first kappa shape index (κ1) is 19.4. The van der Waals surface area contributed by atoms with Gasteiger partial charge in [-0.05, 0) is 37.2 Å². The van der Waals surface area contributed by atoms with Gasteiger partial charge < -0.3 is 15.0 Å². The van der Waals surface area contributed by atoms with Crippen molar-refractivity contribution in [1.82, 2.24) is 20.2 Å². The second-order valence-electron chi connectivity index (χ2n) is 7.22. The van der Waals surface area contributed by atoms with Crippen molar-refractivity contribution in [2.24, 2.45) is 0 Å². The lowest BCUT2D eigenvalue weighted by Gasteiger charge is -2.21. The summed E-state index contributed by atoms with van der Waals surface area (Å²) in [5, 5.41) is 3.44. The molecule has 3 aromatic rings. The number of rotatable bonds is 6. The topological polar surface area (TPSA) is 70.2 Å². The van der Waals surface area contributed by atoms with Crippen molar-refractivity contribution < 1.29 is 4.74 Å². The fourth-order valence-electron chi connectivity index (χ4n) is 3.57. The molecule has 6 nitrogen and oxygen atoms in total. The van der Waals surface area contributed by atoms with E-state index in [1.54, 1.807) is 0 Å². The summed E-state index contributed by atoms with van der Waals surface area (Å²) in [5.74, 6) is 1.35. The lowest BCUT2D eigenvalue weighted by molar-refractivity contribution is 0.284. The van der Waals surface area contributed by atoms with Crippen LogP contribution in [-0.4, -0.2) is 41.0 Å². The minimum absolute atomic E-state index is 0.171. The van der Waals surface area contributed by atoms with Crippen molar-refractivity contribution in [3.63, 3.8) is 0 Å². The summed E-state index contributed by atoms with van der Waals surface area (Å²) in [6.07, 6.45) is 1.14. The molecule has 0 aliphatic carbocycles. The van der Waals surface area contributed by atoms with Crippen molar-refractivity contribution in [3.8, 4) is 17.1 Å². The summed E-state index contributed by atoms with van der Waals surface area (Å²) in [5.41, 5.74) is 2.57. The Labute approximate surface area is 170 Å². The Kier molecular flexibility index (Phi) is 6.34. The third-order valence-corrected chi connectivity index (χ3v) is 5.02. The highest BCUT2D eigenvalue weighted by Gasteiger charge is 2.14. The predicted molar refractivity (Wildman–Crippen MR) is 114 cm³/mol. The predicted octanol–water partition coefficient (Wildman–Crippen LogP) is 2.81. The number of hydrogen-bond donors (Lipinski definition) is 2. The molecule has 0 atom stereocenters.